The maximum atomic E-state index is 13.5. The minimum atomic E-state index is -1.06. The Kier molecular flexibility index (Phi) is 4.94. The lowest BCUT2D eigenvalue weighted by molar-refractivity contribution is 0.0655. The number of rotatable bonds is 5. The SMILES string of the molecule is COc1cc(N2CCN(C(C)c3ccc(C(=O)O)o3)CC2)ccc1F. The molecule has 1 atom stereocenters. The first-order chi connectivity index (χ1) is 12.0. The number of aromatic carboxylic acids is 1. The number of methoxy groups -OCH3 is 1. The molecule has 25 heavy (non-hydrogen) atoms. The number of hydrogen-bond acceptors (Lipinski definition) is 5. The van der Waals surface area contributed by atoms with Gasteiger partial charge in [0.1, 0.15) is 5.76 Å². The van der Waals surface area contributed by atoms with Gasteiger partial charge in [0.05, 0.1) is 13.2 Å². The predicted molar refractivity (Wildman–Crippen MR) is 90.8 cm³/mol. The van der Waals surface area contributed by atoms with Crippen LogP contribution >= 0.6 is 0 Å². The highest BCUT2D eigenvalue weighted by atomic mass is 19.1. The number of piperazine rings is 1. The number of anilines is 1. The van der Waals surface area contributed by atoms with Crippen LogP contribution in [0.2, 0.25) is 0 Å². The Morgan fingerprint density at radius 3 is 2.56 bits per heavy atom. The highest BCUT2D eigenvalue weighted by molar-refractivity contribution is 5.84. The number of furan rings is 1. The fourth-order valence-corrected chi connectivity index (χ4v) is 3.08. The van der Waals surface area contributed by atoms with E-state index in [1.807, 2.05) is 6.92 Å². The van der Waals surface area contributed by atoms with Crippen molar-refractivity contribution in [2.24, 2.45) is 0 Å². The monoisotopic (exact) mass is 348 g/mol. The average Bonchev–Trinajstić information content (AvgIpc) is 3.12. The lowest BCUT2D eigenvalue weighted by Gasteiger charge is -2.38. The summed E-state index contributed by atoms with van der Waals surface area (Å²) in [7, 11) is 1.45. The summed E-state index contributed by atoms with van der Waals surface area (Å²) in [5, 5.41) is 8.96. The van der Waals surface area contributed by atoms with Gasteiger partial charge in [-0.15, -0.1) is 0 Å². The van der Waals surface area contributed by atoms with Crippen molar-refractivity contribution in [1.29, 1.82) is 0 Å². The summed E-state index contributed by atoms with van der Waals surface area (Å²) in [5.41, 5.74) is 0.928. The van der Waals surface area contributed by atoms with Crippen molar-refractivity contribution < 1.29 is 23.4 Å². The number of nitrogens with zero attached hydrogens (tertiary/aromatic N) is 2. The second-order valence-electron chi connectivity index (χ2n) is 6.03. The first-order valence-electron chi connectivity index (χ1n) is 8.15. The van der Waals surface area contributed by atoms with E-state index >= 15 is 0 Å². The van der Waals surface area contributed by atoms with Crippen LogP contribution in [0.3, 0.4) is 0 Å². The molecule has 1 aliphatic rings. The average molecular weight is 348 g/mol. The molecule has 2 aromatic rings. The molecule has 0 spiro atoms. The molecule has 2 heterocycles. The van der Waals surface area contributed by atoms with E-state index in [2.05, 4.69) is 9.80 Å². The van der Waals surface area contributed by atoms with Gasteiger partial charge in [0, 0.05) is 37.9 Å². The van der Waals surface area contributed by atoms with E-state index in [4.69, 9.17) is 14.3 Å². The van der Waals surface area contributed by atoms with E-state index in [9.17, 15) is 9.18 Å². The smallest absolute Gasteiger partial charge is 0.371 e. The Morgan fingerprint density at radius 2 is 1.96 bits per heavy atom. The van der Waals surface area contributed by atoms with Crippen LogP contribution < -0.4 is 9.64 Å². The first kappa shape index (κ1) is 17.3. The van der Waals surface area contributed by atoms with Gasteiger partial charge in [-0.2, -0.15) is 0 Å². The normalized spacial score (nSPS) is 16.7. The summed E-state index contributed by atoms with van der Waals surface area (Å²) in [6.07, 6.45) is 0. The van der Waals surface area contributed by atoms with Gasteiger partial charge >= 0.3 is 5.97 Å². The number of carboxylic acid groups (broad SMARTS) is 1. The molecule has 1 aromatic heterocycles. The van der Waals surface area contributed by atoms with Crippen LogP contribution in [0.25, 0.3) is 0 Å². The fraction of sp³-hybridized carbons (Fsp3) is 0.389. The lowest BCUT2D eigenvalue weighted by atomic mass is 10.1. The quantitative estimate of drug-likeness (QED) is 0.896. The van der Waals surface area contributed by atoms with E-state index < -0.39 is 5.97 Å². The molecule has 7 heteroatoms. The van der Waals surface area contributed by atoms with E-state index in [1.165, 1.54) is 19.2 Å². The number of ether oxygens (including phenoxy) is 1. The molecular weight excluding hydrogens is 327 g/mol. The van der Waals surface area contributed by atoms with E-state index in [0.717, 1.165) is 31.9 Å². The fourth-order valence-electron chi connectivity index (χ4n) is 3.08. The molecule has 1 unspecified atom stereocenters. The Balaban J connectivity index is 1.64. The van der Waals surface area contributed by atoms with Crippen molar-refractivity contribution in [3.05, 3.63) is 47.7 Å². The second kappa shape index (κ2) is 7.14. The zero-order valence-electron chi connectivity index (χ0n) is 14.2. The highest BCUT2D eigenvalue weighted by Crippen LogP contribution is 2.28. The van der Waals surface area contributed by atoms with Crippen LogP contribution in [-0.2, 0) is 0 Å². The first-order valence-corrected chi connectivity index (χ1v) is 8.15. The summed E-state index contributed by atoms with van der Waals surface area (Å²) < 4.78 is 24.0. The summed E-state index contributed by atoms with van der Waals surface area (Å²) in [4.78, 5) is 15.4. The zero-order chi connectivity index (χ0) is 18.0. The molecule has 0 aliphatic carbocycles. The molecule has 3 rings (SSSR count). The molecule has 0 radical (unpaired) electrons. The topological polar surface area (TPSA) is 66.2 Å². The maximum Gasteiger partial charge on any atom is 0.371 e. The summed E-state index contributed by atoms with van der Waals surface area (Å²) in [6.45, 7) is 5.16. The highest BCUT2D eigenvalue weighted by Gasteiger charge is 2.25. The second-order valence-corrected chi connectivity index (χ2v) is 6.03. The number of carboxylic acids is 1. The van der Waals surface area contributed by atoms with Crippen molar-refractivity contribution in [2.75, 3.05) is 38.2 Å². The molecule has 0 bridgehead atoms. The Hall–Kier alpha value is -2.54. The molecule has 1 saturated heterocycles. The minimum Gasteiger partial charge on any atom is -0.494 e. The minimum absolute atomic E-state index is 0.00185. The Bertz CT molecular complexity index is 753. The van der Waals surface area contributed by atoms with E-state index in [1.54, 1.807) is 18.2 Å². The zero-order valence-corrected chi connectivity index (χ0v) is 14.2. The molecular formula is C18H21FN2O4. The summed E-state index contributed by atoms with van der Waals surface area (Å²) in [6, 6.07) is 8.07. The Labute approximate surface area is 145 Å². The van der Waals surface area contributed by atoms with Crippen molar-refractivity contribution in [3.8, 4) is 5.75 Å². The maximum absolute atomic E-state index is 13.5. The number of halogens is 1. The lowest BCUT2D eigenvalue weighted by Crippen LogP contribution is -2.47. The molecule has 1 aromatic carbocycles. The van der Waals surface area contributed by atoms with Crippen molar-refractivity contribution in [2.45, 2.75) is 13.0 Å². The van der Waals surface area contributed by atoms with Gasteiger partial charge in [0.25, 0.3) is 0 Å². The number of benzene rings is 1. The number of hydrogen-bond donors (Lipinski definition) is 1. The van der Waals surface area contributed by atoms with Crippen LogP contribution in [0.5, 0.6) is 5.75 Å². The van der Waals surface area contributed by atoms with Crippen LogP contribution in [0.4, 0.5) is 10.1 Å². The largest absolute Gasteiger partial charge is 0.494 e. The third-order valence-corrected chi connectivity index (χ3v) is 4.61. The van der Waals surface area contributed by atoms with Crippen LogP contribution in [0.15, 0.2) is 34.7 Å². The van der Waals surface area contributed by atoms with Crippen LogP contribution in [-0.4, -0.2) is 49.3 Å². The standard InChI is InChI=1S/C18H21FN2O4/c1-12(15-5-6-16(25-15)18(22)23)20-7-9-21(10-8-20)13-3-4-14(19)17(11-13)24-2/h3-6,11-12H,7-10H2,1-2H3,(H,22,23). The van der Waals surface area contributed by atoms with Gasteiger partial charge in [-0.25, -0.2) is 9.18 Å². The van der Waals surface area contributed by atoms with Gasteiger partial charge in [-0.3, -0.25) is 4.90 Å². The molecule has 1 fully saturated rings. The van der Waals surface area contributed by atoms with Crippen LogP contribution in [0, 0.1) is 5.82 Å². The third-order valence-electron chi connectivity index (χ3n) is 4.61. The third kappa shape index (κ3) is 3.61. The summed E-state index contributed by atoms with van der Waals surface area (Å²) >= 11 is 0. The van der Waals surface area contributed by atoms with E-state index in [-0.39, 0.29) is 23.4 Å². The van der Waals surface area contributed by atoms with Gasteiger partial charge in [-0.1, -0.05) is 0 Å². The summed E-state index contributed by atoms with van der Waals surface area (Å²) in [5.74, 6) is -0.586. The van der Waals surface area contributed by atoms with Gasteiger partial charge < -0.3 is 19.2 Å². The molecule has 1 N–H and O–H groups in total. The Morgan fingerprint density at radius 1 is 1.24 bits per heavy atom. The molecule has 134 valence electrons. The van der Waals surface area contributed by atoms with Gasteiger partial charge in [0.2, 0.25) is 5.76 Å². The van der Waals surface area contributed by atoms with Crippen LogP contribution in [0.1, 0.15) is 29.3 Å². The van der Waals surface area contributed by atoms with Crippen molar-refractivity contribution >= 4 is 11.7 Å². The molecule has 0 saturated carbocycles. The number of carbonyl (C=O) groups is 1. The van der Waals surface area contributed by atoms with Crippen molar-refractivity contribution in [1.82, 2.24) is 4.90 Å². The molecule has 0 amide bonds. The van der Waals surface area contributed by atoms with Gasteiger partial charge in [-0.05, 0) is 31.2 Å². The molecule has 1 aliphatic heterocycles. The predicted octanol–water partition coefficient (Wildman–Crippen LogP) is 3.01. The van der Waals surface area contributed by atoms with Crippen molar-refractivity contribution in [3.63, 3.8) is 0 Å². The molecule has 6 nitrogen and oxygen atoms in total. The van der Waals surface area contributed by atoms with E-state index in [0.29, 0.717) is 5.76 Å². The van der Waals surface area contributed by atoms with Gasteiger partial charge in [0.15, 0.2) is 11.6 Å².